The maximum Gasteiger partial charge on any atom is 0.247 e. The van der Waals surface area contributed by atoms with Crippen molar-refractivity contribution in [2.75, 3.05) is 16.8 Å². The zero-order valence-electron chi connectivity index (χ0n) is 14.6. The Morgan fingerprint density at radius 1 is 1.12 bits per heavy atom. The molecule has 1 aromatic rings. The quantitative estimate of drug-likeness (QED) is 0.807. The van der Waals surface area contributed by atoms with Gasteiger partial charge in [0.25, 0.3) is 0 Å². The van der Waals surface area contributed by atoms with Crippen LogP contribution in [0.25, 0.3) is 0 Å². The molecule has 6 heteroatoms. The van der Waals surface area contributed by atoms with Gasteiger partial charge in [-0.05, 0) is 54.4 Å². The van der Waals surface area contributed by atoms with Crippen LogP contribution in [0.15, 0.2) is 24.3 Å². The Balaban J connectivity index is 1.68. The van der Waals surface area contributed by atoms with Crippen molar-refractivity contribution in [3.8, 4) is 0 Å². The number of carbonyl (C=O) groups is 2. The van der Waals surface area contributed by atoms with Crippen molar-refractivity contribution in [1.29, 1.82) is 0 Å². The number of hydrogen-bond acceptors (Lipinski definition) is 4. The number of thioether (sulfide) groups is 2. The molecular formula is C19H26N2O2S2. The molecule has 0 bridgehead atoms. The molecule has 0 spiro atoms. The third kappa shape index (κ3) is 5.17. The zero-order chi connectivity index (χ0) is 17.6. The number of anilines is 1. The third-order valence-corrected chi connectivity index (χ3v) is 7.78. The molecule has 1 heterocycles. The Hall–Kier alpha value is -1.14. The Kier molecular flexibility index (Phi) is 6.70. The summed E-state index contributed by atoms with van der Waals surface area (Å²) in [4.78, 5) is 24.3. The first-order chi connectivity index (χ1) is 12.1. The predicted molar refractivity (Wildman–Crippen MR) is 107 cm³/mol. The summed E-state index contributed by atoms with van der Waals surface area (Å²) in [6.45, 7) is 1.48. The summed E-state index contributed by atoms with van der Waals surface area (Å²) in [5.41, 5.74) is 2.08. The number of benzene rings is 1. The number of amides is 2. The van der Waals surface area contributed by atoms with E-state index < -0.39 is 6.04 Å². The fourth-order valence-corrected chi connectivity index (χ4v) is 6.44. The van der Waals surface area contributed by atoms with E-state index in [0.717, 1.165) is 31.4 Å². The minimum absolute atomic E-state index is 0.0943. The van der Waals surface area contributed by atoms with Crippen molar-refractivity contribution in [2.45, 2.75) is 49.7 Å². The Labute approximate surface area is 158 Å². The van der Waals surface area contributed by atoms with E-state index >= 15 is 0 Å². The van der Waals surface area contributed by atoms with Gasteiger partial charge in [-0.15, -0.1) is 23.5 Å². The van der Waals surface area contributed by atoms with Gasteiger partial charge in [0.1, 0.15) is 6.04 Å². The molecule has 1 atom stereocenters. The lowest BCUT2D eigenvalue weighted by Crippen LogP contribution is -2.47. The molecule has 2 fully saturated rings. The van der Waals surface area contributed by atoms with E-state index in [4.69, 9.17) is 0 Å². The zero-order valence-corrected chi connectivity index (χ0v) is 16.3. The van der Waals surface area contributed by atoms with E-state index in [9.17, 15) is 9.59 Å². The van der Waals surface area contributed by atoms with Crippen molar-refractivity contribution < 1.29 is 9.59 Å². The van der Waals surface area contributed by atoms with Crippen molar-refractivity contribution in [3.63, 3.8) is 0 Å². The fourth-order valence-electron chi connectivity index (χ4n) is 3.57. The van der Waals surface area contributed by atoms with Gasteiger partial charge in [-0.2, -0.15) is 0 Å². The topological polar surface area (TPSA) is 58.2 Å². The molecule has 4 nitrogen and oxygen atoms in total. The summed E-state index contributed by atoms with van der Waals surface area (Å²) >= 11 is 3.94. The van der Waals surface area contributed by atoms with E-state index in [1.807, 2.05) is 35.7 Å². The van der Waals surface area contributed by atoms with Crippen LogP contribution in [-0.4, -0.2) is 29.4 Å². The molecule has 136 valence electrons. The first kappa shape index (κ1) is 18.6. The third-order valence-electron chi connectivity index (χ3n) is 4.77. The lowest BCUT2D eigenvalue weighted by Gasteiger charge is -2.24. The Bertz CT molecular complexity index is 611. The molecule has 3 rings (SSSR count). The van der Waals surface area contributed by atoms with Crippen molar-refractivity contribution >= 4 is 41.0 Å². The lowest BCUT2D eigenvalue weighted by atomic mass is 9.97. The van der Waals surface area contributed by atoms with E-state index in [1.165, 1.54) is 30.4 Å². The van der Waals surface area contributed by atoms with Gasteiger partial charge < -0.3 is 10.6 Å². The second-order valence-corrected chi connectivity index (χ2v) is 9.49. The smallest absolute Gasteiger partial charge is 0.247 e. The van der Waals surface area contributed by atoms with Gasteiger partial charge in [-0.25, -0.2) is 0 Å². The predicted octanol–water partition coefficient (Wildman–Crippen LogP) is 4.19. The van der Waals surface area contributed by atoms with Crippen LogP contribution < -0.4 is 10.6 Å². The summed E-state index contributed by atoms with van der Waals surface area (Å²) in [6, 6.07) is 7.71. The Morgan fingerprint density at radius 2 is 1.84 bits per heavy atom. The molecular weight excluding hydrogens is 352 g/mol. The van der Waals surface area contributed by atoms with Crippen LogP contribution in [0.2, 0.25) is 0 Å². The summed E-state index contributed by atoms with van der Waals surface area (Å²) < 4.78 is 0.451. The van der Waals surface area contributed by atoms with Crippen LogP contribution in [0.4, 0.5) is 5.69 Å². The Morgan fingerprint density at radius 3 is 2.52 bits per heavy atom. The molecule has 25 heavy (non-hydrogen) atoms. The lowest BCUT2D eigenvalue weighted by molar-refractivity contribution is -0.126. The highest BCUT2D eigenvalue weighted by atomic mass is 32.2. The SMILES string of the molecule is CC(=O)NC(C(=O)Nc1cccc(C2SCCCS2)c1)C1CCCC1. The van der Waals surface area contributed by atoms with E-state index in [1.54, 1.807) is 0 Å². The minimum Gasteiger partial charge on any atom is -0.344 e. The van der Waals surface area contributed by atoms with Crippen molar-refractivity contribution in [1.82, 2.24) is 5.32 Å². The first-order valence-corrected chi connectivity index (χ1v) is 11.1. The van der Waals surface area contributed by atoms with E-state index in [-0.39, 0.29) is 17.7 Å². The number of rotatable bonds is 5. The molecule has 0 radical (unpaired) electrons. The van der Waals surface area contributed by atoms with Gasteiger partial charge in [-0.3, -0.25) is 9.59 Å². The van der Waals surface area contributed by atoms with Crippen LogP contribution in [-0.2, 0) is 9.59 Å². The molecule has 1 aliphatic carbocycles. The molecule has 2 amide bonds. The van der Waals surface area contributed by atoms with Crippen LogP contribution in [0, 0.1) is 5.92 Å². The van der Waals surface area contributed by atoms with Crippen LogP contribution in [0.1, 0.15) is 49.2 Å². The maximum absolute atomic E-state index is 12.8. The standard InChI is InChI=1S/C19H26N2O2S2/c1-13(22)20-17(14-6-2-3-7-14)18(23)21-16-9-4-8-15(12-16)19-24-10-5-11-25-19/h4,8-9,12,14,17,19H,2-3,5-7,10-11H2,1H3,(H,20,22)(H,21,23). The highest BCUT2D eigenvalue weighted by molar-refractivity contribution is 8.16. The number of nitrogens with one attached hydrogen (secondary N) is 2. The van der Waals surface area contributed by atoms with Crippen molar-refractivity contribution in [2.24, 2.45) is 5.92 Å². The second kappa shape index (κ2) is 8.99. The van der Waals surface area contributed by atoms with Crippen LogP contribution in [0.5, 0.6) is 0 Å². The van der Waals surface area contributed by atoms with Crippen LogP contribution >= 0.6 is 23.5 Å². The molecule has 2 aliphatic rings. The van der Waals surface area contributed by atoms with E-state index in [2.05, 4.69) is 22.8 Å². The molecule has 1 aromatic carbocycles. The normalized spacial score (nSPS) is 20.2. The number of carbonyl (C=O) groups excluding carboxylic acids is 2. The summed E-state index contributed by atoms with van der Waals surface area (Å²) in [5.74, 6) is 2.40. The monoisotopic (exact) mass is 378 g/mol. The number of hydrogen-bond donors (Lipinski definition) is 2. The fraction of sp³-hybridized carbons (Fsp3) is 0.579. The molecule has 2 N–H and O–H groups in total. The average molecular weight is 379 g/mol. The minimum atomic E-state index is -0.429. The van der Waals surface area contributed by atoms with Gasteiger partial charge in [-0.1, -0.05) is 25.0 Å². The molecule has 1 unspecified atom stereocenters. The summed E-state index contributed by atoms with van der Waals surface area (Å²) in [5, 5.41) is 5.89. The second-order valence-electron chi connectivity index (χ2n) is 6.76. The highest BCUT2D eigenvalue weighted by Crippen LogP contribution is 2.44. The highest BCUT2D eigenvalue weighted by Gasteiger charge is 2.31. The van der Waals surface area contributed by atoms with Crippen LogP contribution in [0.3, 0.4) is 0 Å². The molecule has 1 saturated heterocycles. The summed E-state index contributed by atoms with van der Waals surface area (Å²) in [7, 11) is 0. The van der Waals surface area contributed by atoms with Crippen molar-refractivity contribution in [3.05, 3.63) is 29.8 Å². The van der Waals surface area contributed by atoms with Gasteiger partial charge in [0.05, 0.1) is 4.58 Å². The molecule has 1 aliphatic heterocycles. The maximum atomic E-state index is 12.8. The largest absolute Gasteiger partial charge is 0.344 e. The van der Waals surface area contributed by atoms with Gasteiger partial charge in [0.2, 0.25) is 11.8 Å². The molecule has 1 saturated carbocycles. The average Bonchev–Trinajstić information content (AvgIpc) is 3.15. The summed E-state index contributed by atoms with van der Waals surface area (Å²) in [6.07, 6.45) is 5.56. The van der Waals surface area contributed by atoms with Gasteiger partial charge >= 0.3 is 0 Å². The van der Waals surface area contributed by atoms with Gasteiger partial charge in [0.15, 0.2) is 0 Å². The molecule has 0 aromatic heterocycles. The van der Waals surface area contributed by atoms with Gasteiger partial charge in [0, 0.05) is 12.6 Å². The van der Waals surface area contributed by atoms with E-state index in [0.29, 0.717) is 4.58 Å². The first-order valence-electron chi connectivity index (χ1n) is 9.04.